The van der Waals surface area contributed by atoms with Crippen LogP contribution in [0.1, 0.15) is 26.4 Å². The summed E-state index contributed by atoms with van der Waals surface area (Å²) in [6.07, 6.45) is 2.89. The molecule has 0 spiro atoms. The highest BCUT2D eigenvalue weighted by Gasteiger charge is 2.17. The normalized spacial score (nSPS) is 10.5. The highest BCUT2D eigenvalue weighted by atomic mass is 16.5. The van der Waals surface area contributed by atoms with E-state index in [1.165, 1.54) is 36.3 Å². The fourth-order valence-electron chi connectivity index (χ4n) is 3.03. The van der Waals surface area contributed by atoms with E-state index in [4.69, 9.17) is 4.74 Å². The summed E-state index contributed by atoms with van der Waals surface area (Å²) in [5.74, 6) is 0.0526. The van der Waals surface area contributed by atoms with Crippen molar-refractivity contribution in [2.45, 2.75) is 6.92 Å². The Morgan fingerprint density at radius 1 is 1.00 bits per heavy atom. The molecule has 11 heteroatoms. The van der Waals surface area contributed by atoms with E-state index in [2.05, 4.69) is 30.9 Å². The number of ether oxygens (including phenoxy) is 1. The Hall–Kier alpha value is -4.80. The van der Waals surface area contributed by atoms with Crippen LogP contribution < -0.4 is 20.9 Å². The molecule has 0 saturated carbocycles. The molecule has 0 unspecified atom stereocenters. The average molecular weight is 445 g/mol. The molecule has 1 aromatic carbocycles. The number of anilines is 2. The molecule has 0 atom stereocenters. The van der Waals surface area contributed by atoms with E-state index in [1.807, 2.05) is 0 Å². The van der Waals surface area contributed by atoms with Gasteiger partial charge in [-0.1, -0.05) is 6.07 Å². The third-order valence-corrected chi connectivity index (χ3v) is 4.72. The van der Waals surface area contributed by atoms with Crippen molar-refractivity contribution in [1.82, 2.24) is 25.0 Å². The smallest absolute Gasteiger partial charge is 0.264 e. The number of benzene rings is 1. The Balaban J connectivity index is 1.48. The van der Waals surface area contributed by atoms with Crippen LogP contribution in [0.25, 0.3) is 5.82 Å². The molecule has 3 aromatic heterocycles. The molecule has 4 rings (SSSR count). The van der Waals surface area contributed by atoms with Crippen molar-refractivity contribution in [1.29, 1.82) is 0 Å². The Bertz CT molecular complexity index is 1360. The number of rotatable bonds is 6. The van der Waals surface area contributed by atoms with E-state index in [-0.39, 0.29) is 11.5 Å². The molecular weight excluding hydrogens is 426 g/mol. The molecule has 3 N–H and O–H groups in total. The maximum atomic E-state index is 12.8. The van der Waals surface area contributed by atoms with E-state index in [1.54, 1.807) is 43.3 Å². The molecule has 0 radical (unpaired) electrons. The highest BCUT2D eigenvalue weighted by molar-refractivity contribution is 6.07. The van der Waals surface area contributed by atoms with Crippen LogP contribution in [0.2, 0.25) is 0 Å². The van der Waals surface area contributed by atoms with Gasteiger partial charge in [0.25, 0.3) is 17.4 Å². The van der Waals surface area contributed by atoms with Crippen molar-refractivity contribution >= 4 is 23.2 Å². The second-order valence-electron chi connectivity index (χ2n) is 6.91. The number of hydrogen-bond acceptors (Lipinski definition) is 7. The van der Waals surface area contributed by atoms with Gasteiger partial charge in [-0.05, 0) is 37.3 Å². The predicted octanol–water partition coefficient (Wildman–Crippen LogP) is 2.17. The molecular formula is C22H19N7O4. The molecule has 0 bridgehead atoms. The Labute approximate surface area is 187 Å². The number of aromatic amines is 1. The zero-order valence-electron chi connectivity index (χ0n) is 17.7. The number of carbonyl (C=O) groups is 2. The van der Waals surface area contributed by atoms with E-state index in [9.17, 15) is 14.4 Å². The van der Waals surface area contributed by atoms with Gasteiger partial charge in [0.05, 0.1) is 36.4 Å². The molecule has 0 fully saturated rings. The molecule has 11 nitrogen and oxygen atoms in total. The topological polar surface area (TPSA) is 144 Å². The highest BCUT2D eigenvalue weighted by Crippen LogP contribution is 2.17. The maximum absolute atomic E-state index is 12.8. The van der Waals surface area contributed by atoms with Gasteiger partial charge >= 0.3 is 0 Å². The maximum Gasteiger partial charge on any atom is 0.264 e. The van der Waals surface area contributed by atoms with E-state index >= 15 is 0 Å². The van der Waals surface area contributed by atoms with E-state index in [0.717, 1.165) is 0 Å². The first-order valence-corrected chi connectivity index (χ1v) is 9.78. The van der Waals surface area contributed by atoms with Gasteiger partial charge in [-0.2, -0.15) is 10.2 Å². The second-order valence-corrected chi connectivity index (χ2v) is 6.91. The Kier molecular flexibility index (Phi) is 5.94. The molecule has 2 amide bonds. The quantitative estimate of drug-likeness (QED) is 0.413. The van der Waals surface area contributed by atoms with Gasteiger partial charge in [-0.15, -0.1) is 0 Å². The van der Waals surface area contributed by atoms with Gasteiger partial charge in [0, 0.05) is 23.4 Å². The lowest BCUT2D eigenvalue weighted by Gasteiger charge is -2.09. The lowest BCUT2D eigenvalue weighted by atomic mass is 10.1. The fourth-order valence-corrected chi connectivity index (χ4v) is 3.03. The minimum Gasteiger partial charge on any atom is -0.481 e. The minimum absolute atomic E-state index is 0.321. The van der Waals surface area contributed by atoms with Gasteiger partial charge in [0.1, 0.15) is 0 Å². The number of pyridine rings is 1. The van der Waals surface area contributed by atoms with Crippen LogP contribution in [0.4, 0.5) is 11.4 Å². The number of H-pyrrole nitrogens is 1. The summed E-state index contributed by atoms with van der Waals surface area (Å²) in [4.78, 5) is 40.6. The van der Waals surface area contributed by atoms with Crippen LogP contribution in [-0.4, -0.2) is 43.9 Å². The Morgan fingerprint density at radius 2 is 1.82 bits per heavy atom. The standard InChI is InChI=1S/C22H19N7O4/c1-13-17(12-24-29(13)18-7-8-19(30)28-27-18)22(32)25-15-5-3-4-14(10-15)21(31)26-16-6-9-20(33-2)23-11-16/h3-12H,1-2H3,(H,25,32)(H,26,31)(H,28,30). The zero-order chi connectivity index (χ0) is 23.4. The van der Waals surface area contributed by atoms with Gasteiger partial charge in [0.15, 0.2) is 5.82 Å². The van der Waals surface area contributed by atoms with E-state index < -0.39 is 5.91 Å². The minimum atomic E-state index is -0.403. The SMILES string of the molecule is COc1ccc(NC(=O)c2cccc(NC(=O)c3cnn(-c4ccc(=O)[nH]n4)c3C)c2)cn1. The summed E-state index contributed by atoms with van der Waals surface area (Å²) in [6.45, 7) is 1.71. The first kappa shape index (κ1) is 21.4. The van der Waals surface area contributed by atoms with Crippen LogP contribution in [0, 0.1) is 6.92 Å². The van der Waals surface area contributed by atoms with Crippen molar-refractivity contribution in [3.8, 4) is 11.7 Å². The molecule has 0 saturated heterocycles. The number of amides is 2. The van der Waals surface area contributed by atoms with Crippen molar-refractivity contribution < 1.29 is 14.3 Å². The molecule has 0 aliphatic rings. The Morgan fingerprint density at radius 3 is 2.52 bits per heavy atom. The lowest BCUT2D eigenvalue weighted by Crippen LogP contribution is -2.16. The second kappa shape index (κ2) is 9.14. The molecule has 3 heterocycles. The van der Waals surface area contributed by atoms with Crippen LogP contribution in [0.3, 0.4) is 0 Å². The third kappa shape index (κ3) is 4.77. The van der Waals surface area contributed by atoms with Gasteiger partial charge in [0.2, 0.25) is 5.88 Å². The number of nitrogens with one attached hydrogen (secondary N) is 3. The van der Waals surface area contributed by atoms with E-state index in [0.29, 0.717) is 39.9 Å². The van der Waals surface area contributed by atoms with Crippen molar-refractivity contribution in [2.24, 2.45) is 0 Å². The van der Waals surface area contributed by atoms with Crippen molar-refractivity contribution in [3.63, 3.8) is 0 Å². The summed E-state index contributed by atoms with van der Waals surface area (Å²) in [5.41, 5.74) is 1.82. The summed E-state index contributed by atoms with van der Waals surface area (Å²) >= 11 is 0. The lowest BCUT2D eigenvalue weighted by molar-refractivity contribution is 0.101. The fraction of sp³-hybridized carbons (Fsp3) is 0.0909. The largest absolute Gasteiger partial charge is 0.481 e. The third-order valence-electron chi connectivity index (χ3n) is 4.72. The molecule has 0 aliphatic heterocycles. The number of carbonyl (C=O) groups excluding carboxylic acids is 2. The molecule has 4 aromatic rings. The van der Waals surface area contributed by atoms with Crippen molar-refractivity contribution in [2.75, 3.05) is 17.7 Å². The van der Waals surface area contributed by atoms with Crippen LogP contribution in [-0.2, 0) is 0 Å². The first-order chi connectivity index (χ1) is 15.9. The number of nitrogens with zero attached hydrogens (tertiary/aromatic N) is 4. The number of aromatic nitrogens is 5. The zero-order valence-corrected chi connectivity index (χ0v) is 17.7. The van der Waals surface area contributed by atoms with Gasteiger partial charge in [-0.25, -0.2) is 14.8 Å². The van der Waals surface area contributed by atoms with Gasteiger partial charge < -0.3 is 15.4 Å². The predicted molar refractivity (Wildman–Crippen MR) is 120 cm³/mol. The average Bonchev–Trinajstić information content (AvgIpc) is 3.21. The van der Waals surface area contributed by atoms with Gasteiger partial charge in [-0.3, -0.25) is 14.4 Å². The molecule has 166 valence electrons. The van der Waals surface area contributed by atoms with Crippen LogP contribution in [0.15, 0.2) is 65.7 Å². The van der Waals surface area contributed by atoms with Crippen LogP contribution >= 0.6 is 0 Å². The summed E-state index contributed by atoms with van der Waals surface area (Å²) in [6, 6.07) is 12.7. The number of hydrogen-bond donors (Lipinski definition) is 3. The molecule has 33 heavy (non-hydrogen) atoms. The summed E-state index contributed by atoms with van der Waals surface area (Å²) in [7, 11) is 1.51. The first-order valence-electron chi connectivity index (χ1n) is 9.78. The van der Waals surface area contributed by atoms with Crippen molar-refractivity contribution in [3.05, 3.63) is 88.1 Å². The summed E-state index contributed by atoms with van der Waals surface area (Å²) in [5, 5.41) is 15.9. The summed E-state index contributed by atoms with van der Waals surface area (Å²) < 4.78 is 6.44. The monoisotopic (exact) mass is 445 g/mol. The number of methoxy groups -OCH3 is 1. The molecule has 0 aliphatic carbocycles. The van der Waals surface area contributed by atoms with Crippen LogP contribution in [0.5, 0.6) is 5.88 Å².